The number of benzene rings is 3. The van der Waals surface area contributed by atoms with Crippen LogP contribution in [0.15, 0.2) is 83.9 Å². The van der Waals surface area contributed by atoms with Crippen molar-refractivity contribution in [1.82, 2.24) is 25.2 Å². The fraction of sp³-hybridized carbons (Fsp3) is 0.172. The van der Waals surface area contributed by atoms with E-state index in [0.717, 1.165) is 38.7 Å². The van der Waals surface area contributed by atoms with Crippen LogP contribution in [0.1, 0.15) is 42.3 Å². The van der Waals surface area contributed by atoms with Gasteiger partial charge in [0.15, 0.2) is 15.7 Å². The lowest BCUT2D eigenvalue weighted by Crippen LogP contribution is -2.01. The number of hydrogen-bond acceptors (Lipinski definition) is 6. The summed E-state index contributed by atoms with van der Waals surface area (Å²) in [5.74, 6) is 0.961. The Bertz CT molecular complexity index is 1740. The van der Waals surface area contributed by atoms with E-state index in [1.54, 1.807) is 36.0 Å². The summed E-state index contributed by atoms with van der Waals surface area (Å²) in [5.41, 5.74) is 6.91. The lowest BCUT2D eigenvalue weighted by atomic mass is 9.93. The number of pyridine rings is 1. The second kappa shape index (κ2) is 9.71. The molecule has 0 radical (unpaired) electrons. The molecule has 186 valence electrons. The number of fused-ring (bicyclic) bond motifs is 1. The zero-order chi connectivity index (χ0) is 26.2. The van der Waals surface area contributed by atoms with Crippen LogP contribution >= 0.6 is 0 Å². The molecule has 0 aliphatic rings. The van der Waals surface area contributed by atoms with Gasteiger partial charge in [0, 0.05) is 36.0 Å². The average molecular weight is 510 g/mol. The summed E-state index contributed by atoms with van der Waals surface area (Å²) < 4.78 is 25.5. The summed E-state index contributed by atoms with van der Waals surface area (Å²) >= 11 is 0. The van der Waals surface area contributed by atoms with Crippen LogP contribution in [0.3, 0.4) is 0 Å². The largest absolute Gasteiger partial charge is 0.256 e. The second-order valence-corrected chi connectivity index (χ2v) is 11.4. The standard InChI is InChI=1S/C29H27N5O2S/c1-19(2)24-17-23-9-6-14-30-28(23)26(18-24)22-8-5-7-20(15-22)16-27(29-31-32-33-34(29)3)21-10-12-25(13-11-21)37(4,35)36/h5-19H,1-4H3. The highest BCUT2D eigenvalue weighted by molar-refractivity contribution is 7.90. The molecule has 0 bridgehead atoms. The van der Waals surface area contributed by atoms with Gasteiger partial charge < -0.3 is 0 Å². The lowest BCUT2D eigenvalue weighted by Gasteiger charge is -2.13. The van der Waals surface area contributed by atoms with Crippen molar-refractivity contribution in [3.63, 3.8) is 0 Å². The van der Waals surface area contributed by atoms with Crippen molar-refractivity contribution in [2.45, 2.75) is 24.7 Å². The maximum atomic E-state index is 12.0. The first-order valence-electron chi connectivity index (χ1n) is 11.9. The monoisotopic (exact) mass is 509 g/mol. The molecular formula is C29H27N5O2S. The summed E-state index contributed by atoms with van der Waals surface area (Å²) in [6.45, 7) is 4.38. The first kappa shape index (κ1) is 24.5. The molecule has 2 aromatic heterocycles. The molecule has 0 aliphatic heterocycles. The maximum Gasteiger partial charge on any atom is 0.182 e. The molecule has 0 saturated heterocycles. The molecule has 0 N–H and O–H groups in total. The van der Waals surface area contributed by atoms with E-state index in [1.807, 2.05) is 30.5 Å². The highest BCUT2D eigenvalue weighted by Gasteiger charge is 2.15. The number of sulfone groups is 1. The van der Waals surface area contributed by atoms with Gasteiger partial charge in [-0.1, -0.05) is 50.2 Å². The fourth-order valence-electron chi connectivity index (χ4n) is 4.35. The Kier molecular flexibility index (Phi) is 6.43. The Morgan fingerprint density at radius 3 is 2.43 bits per heavy atom. The Balaban J connectivity index is 1.66. The normalized spacial score (nSPS) is 12.4. The quantitative estimate of drug-likeness (QED) is 0.279. The first-order valence-corrected chi connectivity index (χ1v) is 13.8. The van der Waals surface area contributed by atoms with E-state index in [1.165, 1.54) is 11.8 Å². The van der Waals surface area contributed by atoms with Gasteiger partial charge in [0.1, 0.15) is 0 Å². The Labute approximate surface area is 216 Å². The molecule has 0 unspecified atom stereocenters. The maximum absolute atomic E-state index is 12.0. The van der Waals surface area contributed by atoms with E-state index < -0.39 is 9.84 Å². The van der Waals surface area contributed by atoms with Crippen molar-refractivity contribution in [3.05, 3.63) is 102 Å². The van der Waals surface area contributed by atoms with Gasteiger partial charge in [-0.3, -0.25) is 4.98 Å². The topological polar surface area (TPSA) is 90.6 Å². The third-order valence-corrected chi connectivity index (χ3v) is 7.49. The third-order valence-electron chi connectivity index (χ3n) is 6.36. The lowest BCUT2D eigenvalue weighted by molar-refractivity contribution is 0.602. The number of nitrogens with zero attached hydrogens (tertiary/aromatic N) is 5. The Morgan fingerprint density at radius 2 is 1.76 bits per heavy atom. The molecule has 8 heteroatoms. The van der Waals surface area contributed by atoms with Crippen LogP contribution in [0.5, 0.6) is 0 Å². The van der Waals surface area contributed by atoms with Crippen LogP contribution < -0.4 is 0 Å². The zero-order valence-electron chi connectivity index (χ0n) is 21.1. The van der Waals surface area contributed by atoms with Crippen molar-refractivity contribution < 1.29 is 8.42 Å². The number of rotatable bonds is 6. The number of tetrazole rings is 1. The average Bonchev–Trinajstić information content (AvgIpc) is 3.31. The zero-order valence-corrected chi connectivity index (χ0v) is 21.9. The fourth-order valence-corrected chi connectivity index (χ4v) is 4.98. The van der Waals surface area contributed by atoms with Gasteiger partial charge in [-0.25, -0.2) is 13.1 Å². The predicted octanol–water partition coefficient (Wildman–Crippen LogP) is 5.54. The van der Waals surface area contributed by atoms with Crippen molar-refractivity contribution in [2.75, 3.05) is 6.26 Å². The van der Waals surface area contributed by atoms with Gasteiger partial charge in [0.05, 0.1) is 10.4 Å². The van der Waals surface area contributed by atoms with E-state index in [4.69, 9.17) is 0 Å². The first-order chi connectivity index (χ1) is 17.7. The number of hydrogen-bond donors (Lipinski definition) is 0. The molecule has 0 saturated carbocycles. The van der Waals surface area contributed by atoms with Gasteiger partial charge in [-0.05, 0) is 81.1 Å². The van der Waals surface area contributed by atoms with Crippen molar-refractivity contribution in [1.29, 1.82) is 0 Å². The molecule has 0 aliphatic carbocycles. The van der Waals surface area contributed by atoms with Crippen LogP contribution in [0, 0.1) is 0 Å². The minimum Gasteiger partial charge on any atom is -0.256 e. The van der Waals surface area contributed by atoms with Crippen LogP contribution in [0.4, 0.5) is 0 Å². The molecule has 5 rings (SSSR count). The molecule has 0 atom stereocenters. The third kappa shape index (κ3) is 5.06. The van der Waals surface area contributed by atoms with E-state index >= 15 is 0 Å². The van der Waals surface area contributed by atoms with Crippen LogP contribution in [0.2, 0.25) is 0 Å². The van der Waals surface area contributed by atoms with E-state index in [9.17, 15) is 8.42 Å². The van der Waals surface area contributed by atoms with Crippen LogP contribution in [-0.4, -0.2) is 39.9 Å². The van der Waals surface area contributed by atoms with E-state index in [2.05, 4.69) is 64.7 Å². The van der Waals surface area contributed by atoms with Gasteiger partial charge >= 0.3 is 0 Å². The van der Waals surface area contributed by atoms with Crippen molar-refractivity contribution in [3.8, 4) is 11.1 Å². The van der Waals surface area contributed by atoms with Gasteiger partial charge in [0.25, 0.3) is 0 Å². The smallest absolute Gasteiger partial charge is 0.182 e. The summed E-state index contributed by atoms with van der Waals surface area (Å²) in [6, 6.07) is 23.5. The van der Waals surface area contributed by atoms with Gasteiger partial charge in [-0.2, -0.15) is 0 Å². The molecule has 0 amide bonds. The predicted molar refractivity (Wildman–Crippen MR) is 147 cm³/mol. The number of aryl methyl sites for hydroxylation is 1. The summed E-state index contributed by atoms with van der Waals surface area (Å²) in [4.78, 5) is 4.94. The van der Waals surface area contributed by atoms with Crippen molar-refractivity contribution in [2.24, 2.45) is 7.05 Å². The van der Waals surface area contributed by atoms with Crippen molar-refractivity contribution >= 4 is 32.4 Å². The van der Waals surface area contributed by atoms with Gasteiger partial charge in [-0.15, -0.1) is 5.10 Å². The van der Waals surface area contributed by atoms with Crippen LogP contribution in [0.25, 0.3) is 33.7 Å². The summed E-state index contributed by atoms with van der Waals surface area (Å²) in [6.07, 6.45) is 5.04. The second-order valence-electron chi connectivity index (χ2n) is 9.40. The highest BCUT2D eigenvalue weighted by Crippen LogP contribution is 2.33. The molecule has 2 heterocycles. The minimum absolute atomic E-state index is 0.262. The van der Waals surface area contributed by atoms with Gasteiger partial charge in [0.2, 0.25) is 0 Å². The molecule has 5 aromatic rings. The summed E-state index contributed by atoms with van der Waals surface area (Å²) in [5, 5.41) is 13.1. The Morgan fingerprint density at radius 1 is 0.973 bits per heavy atom. The minimum atomic E-state index is -3.30. The molecular weight excluding hydrogens is 482 g/mol. The molecule has 0 fully saturated rings. The van der Waals surface area contributed by atoms with E-state index in [-0.39, 0.29) is 4.90 Å². The molecule has 37 heavy (non-hydrogen) atoms. The van der Waals surface area contributed by atoms with E-state index in [0.29, 0.717) is 11.7 Å². The van der Waals surface area contributed by atoms with Crippen LogP contribution in [-0.2, 0) is 16.9 Å². The SMILES string of the molecule is CC(C)c1cc(-c2cccc(C=C(c3ccc(S(C)(=O)=O)cc3)c3nnnn3C)c2)c2ncccc2c1. The molecule has 0 spiro atoms. The molecule has 3 aromatic carbocycles. The molecule has 7 nitrogen and oxygen atoms in total. The summed E-state index contributed by atoms with van der Waals surface area (Å²) in [7, 11) is -1.52. The Hall–Kier alpha value is -4.17. The number of aromatic nitrogens is 5. The highest BCUT2D eigenvalue weighted by atomic mass is 32.2.